The molecule has 0 fully saturated rings. The summed E-state index contributed by atoms with van der Waals surface area (Å²) in [4.78, 5) is 8.27. The Bertz CT molecular complexity index is 573. The number of benzene rings is 1. The third-order valence-electron chi connectivity index (χ3n) is 2.07. The molecule has 0 aliphatic heterocycles. The van der Waals surface area contributed by atoms with Gasteiger partial charge in [-0.25, -0.2) is 9.97 Å². The van der Waals surface area contributed by atoms with Gasteiger partial charge in [-0.2, -0.15) is 5.26 Å². The van der Waals surface area contributed by atoms with E-state index >= 15 is 0 Å². The molecule has 4 heteroatoms. The molecule has 0 amide bonds. The largest absolute Gasteiger partial charge is 0.233 e. The van der Waals surface area contributed by atoms with Crippen molar-refractivity contribution in [2.75, 3.05) is 0 Å². The molecule has 0 atom stereocenters. The van der Waals surface area contributed by atoms with Crippen LogP contribution in [0.2, 0.25) is 5.02 Å². The lowest BCUT2D eigenvalue weighted by Crippen LogP contribution is -1.94. The summed E-state index contributed by atoms with van der Waals surface area (Å²) in [6, 6.07) is 11.0. The molecular weight excluding hydrogens is 222 g/mol. The normalized spacial score (nSPS) is 9.81. The van der Waals surface area contributed by atoms with Gasteiger partial charge in [-0.05, 0) is 19.1 Å². The highest BCUT2D eigenvalue weighted by molar-refractivity contribution is 6.30. The second kappa shape index (κ2) is 4.30. The molecule has 0 saturated carbocycles. The molecule has 0 N–H and O–H groups in total. The first-order valence-corrected chi connectivity index (χ1v) is 5.08. The van der Waals surface area contributed by atoms with E-state index in [1.165, 1.54) is 0 Å². The number of rotatable bonds is 1. The lowest BCUT2D eigenvalue weighted by molar-refractivity contribution is 1.04. The molecule has 2 aromatic rings. The van der Waals surface area contributed by atoms with Gasteiger partial charge in [-0.1, -0.05) is 23.7 Å². The van der Waals surface area contributed by atoms with E-state index in [1.54, 1.807) is 19.1 Å². The number of nitrogens with zero attached hydrogens (tertiary/aromatic N) is 3. The van der Waals surface area contributed by atoms with Gasteiger partial charge in [-0.3, -0.25) is 0 Å². The summed E-state index contributed by atoms with van der Waals surface area (Å²) in [6.45, 7) is 1.76. The van der Waals surface area contributed by atoms with E-state index < -0.39 is 0 Å². The van der Waals surface area contributed by atoms with Crippen molar-refractivity contribution < 1.29 is 0 Å². The summed E-state index contributed by atoms with van der Waals surface area (Å²) in [5, 5.41) is 9.47. The van der Waals surface area contributed by atoms with E-state index in [4.69, 9.17) is 16.9 Å². The Kier molecular flexibility index (Phi) is 2.84. The van der Waals surface area contributed by atoms with Crippen LogP contribution in [0.25, 0.3) is 11.3 Å². The quantitative estimate of drug-likeness (QED) is 0.755. The number of nitriles is 1. The van der Waals surface area contributed by atoms with Gasteiger partial charge in [0.05, 0.1) is 5.69 Å². The van der Waals surface area contributed by atoms with Gasteiger partial charge < -0.3 is 0 Å². The van der Waals surface area contributed by atoms with Crippen LogP contribution in [0, 0.1) is 18.3 Å². The second-order valence-electron chi connectivity index (χ2n) is 3.31. The van der Waals surface area contributed by atoms with Crippen molar-refractivity contribution in [3.63, 3.8) is 0 Å². The Balaban J connectivity index is 2.56. The molecule has 78 valence electrons. The topological polar surface area (TPSA) is 49.6 Å². The molecule has 3 nitrogen and oxygen atoms in total. The van der Waals surface area contributed by atoms with Crippen molar-refractivity contribution in [1.29, 1.82) is 5.26 Å². The van der Waals surface area contributed by atoms with Crippen LogP contribution in [-0.4, -0.2) is 9.97 Å². The van der Waals surface area contributed by atoms with Gasteiger partial charge in [0, 0.05) is 16.7 Å². The maximum atomic E-state index is 8.82. The van der Waals surface area contributed by atoms with Gasteiger partial charge in [0.2, 0.25) is 0 Å². The standard InChI is InChI=1S/C12H8ClN3/c1-8-15-11(7-14)6-12(16-8)9-3-2-4-10(13)5-9/h2-6H,1H3. The molecule has 1 aromatic carbocycles. The molecule has 16 heavy (non-hydrogen) atoms. The van der Waals surface area contributed by atoms with Crippen LogP contribution in [0.5, 0.6) is 0 Å². The Morgan fingerprint density at radius 2 is 2.06 bits per heavy atom. The predicted molar refractivity (Wildman–Crippen MR) is 61.9 cm³/mol. The smallest absolute Gasteiger partial charge is 0.144 e. The van der Waals surface area contributed by atoms with Crippen LogP contribution in [0.3, 0.4) is 0 Å². The molecule has 0 saturated heterocycles. The first kappa shape index (κ1) is 10.6. The van der Waals surface area contributed by atoms with Crippen LogP contribution in [-0.2, 0) is 0 Å². The summed E-state index contributed by atoms with van der Waals surface area (Å²) in [5.74, 6) is 0.578. The van der Waals surface area contributed by atoms with Gasteiger partial charge in [0.25, 0.3) is 0 Å². The maximum Gasteiger partial charge on any atom is 0.144 e. The lowest BCUT2D eigenvalue weighted by atomic mass is 10.1. The first-order chi connectivity index (χ1) is 7.69. The summed E-state index contributed by atoms with van der Waals surface area (Å²) in [6.07, 6.45) is 0. The third kappa shape index (κ3) is 2.18. The van der Waals surface area contributed by atoms with Gasteiger partial charge in [0.1, 0.15) is 17.6 Å². The van der Waals surface area contributed by atoms with Crippen LogP contribution < -0.4 is 0 Å². The van der Waals surface area contributed by atoms with E-state index in [2.05, 4.69) is 9.97 Å². The molecular formula is C12H8ClN3. The SMILES string of the molecule is Cc1nc(C#N)cc(-c2cccc(Cl)c2)n1. The van der Waals surface area contributed by atoms with Gasteiger partial charge >= 0.3 is 0 Å². The minimum atomic E-state index is 0.363. The zero-order valence-electron chi connectivity index (χ0n) is 8.61. The molecule has 0 bridgehead atoms. The minimum Gasteiger partial charge on any atom is -0.233 e. The van der Waals surface area contributed by atoms with E-state index in [0.717, 1.165) is 5.56 Å². The number of hydrogen-bond acceptors (Lipinski definition) is 3. The number of aryl methyl sites for hydroxylation is 1. The summed E-state index contributed by atoms with van der Waals surface area (Å²) < 4.78 is 0. The molecule has 1 heterocycles. The molecule has 0 aliphatic carbocycles. The van der Waals surface area contributed by atoms with E-state index in [9.17, 15) is 0 Å². The van der Waals surface area contributed by atoms with Crippen LogP contribution in [0.15, 0.2) is 30.3 Å². The fourth-order valence-corrected chi connectivity index (χ4v) is 1.61. The highest BCUT2D eigenvalue weighted by Crippen LogP contribution is 2.21. The fourth-order valence-electron chi connectivity index (χ4n) is 1.42. The zero-order chi connectivity index (χ0) is 11.5. The first-order valence-electron chi connectivity index (χ1n) is 4.71. The van der Waals surface area contributed by atoms with Crippen molar-refractivity contribution in [2.24, 2.45) is 0 Å². The Morgan fingerprint density at radius 1 is 1.25 bits per heavy atom. The summed E-state index contributed by atoms with van der Waals surface area (Å²) in [5.41, 5.74) is 1.96. The second-order valence-corrected chi connectivity index (χ2v) is 3.74. The van der Waals surface area contributed by atoms with Crippen molar-refractivity contribution in [2.45, 2.75) is 6.92 Å². The van der Waals surface area contributed by atoms with E-state index in [1.807, 2.05) is 24.3 Å². The van der Waals surface area contributed by atoms with Crippen molar-refractivity contribution in [3.8, 4) is 17.3 Å². The highest BCUT2D eigenvalue weighted by atomic mass is 35.5. The van der Waals surface area contributed by atoms with Gasteiger partial charge in [0.15, 0.2) is 0 Å². The molecule has 2 rings (SSSR count). The lowest BCUT2D eigenvalue weighted by Gasteiger charge is -2.02. The fraction of sp³-hybridized carbons (Fsp3) is 0.0833. The van der Waals surface area contributed by atoms with E-state index in [0.29, 0.717) is 22.2 Å². The maximum absolute atomic E-state index is 8.82. The monoisotopic (exact) mass is 229 g/mol. The van der Waals surface area contributed by atoms with Crippen molar-refractivity contribution in [3.05, 3.63) is 46.9 Å². The van der Waals surface area contributed by atoms with Crippen molar-refractivity contribution in [1.82, 2.24) is 9.97 Å². The number of hydrogen-bond donors (Lipinski definition) is 0. The zero-order valence-corrected chi connectivity index (χ0v) is 9.36. The number of halogens is 1. The Morgan fingerprint density at radius 3 is 2.75 bits per heavy atom. The van der Waals surface area contributed by atoms with E-state index in [-0.39, 0.29) is 0 Å². The van der Waals surface area contributed by atoms with Crippen LogP contribution in [0.1, 0.15) is 11.5 Å². The number of aromatic nitrogens is 2. The summed E-state index contributed by atoms with van der Waals surface area (Å²) in [7, 11) is 0. The van der Waals surface area contributed by atoms with Crippen molar-refractivity contribution >= 4 is 11.6 Å². The average Bonchev–Trinajstić information content (AvgIpc) is 2.28. The summed E-state index contributed by atoms with van der Waals surface area (Å²) >= 11 is 5.90. The molecule has 0 spiro atoms. The van der Waals surface area contributed by atoms with Gasteiger partial charge in [-0.15, -0.1) is 0 Å². The molecule has 0 radical (unpaired) electrons. The predicted octanol–water partition coefficient (Wildman–Crippen LogP) is 2.98. The molecule has 0 aliphatic rings. The van der Waals surface area contributed by atoms with Crippen LogP contribution >= 0.6 is 11.6 Å². The third-order valence-corrected chi connectivity index (χ3v) is 2.31. The highest BCUT2D eigenvalue weighted by Gasteiger charge is 2.04. The Labute approximate surface area is 98.4 Å². The molecule has 1 aromatic heterocycles. The Hall–Kier alpha value is -1.92. The average molecular weight is 230 g/mol. The minimum absolute atomic E-state index is 0.363. The van der Waals surface area contributed by atoms with Crippen LogP contribution in [0.4, 0.5) is 0 Å². The molecule has 0 unspecified atom stereocenters.